The molecular formula is C21H25ClN4O3. The summed E-state index contributed by atoms with van der Waals surface area (Å²) < 4.78 is 5.31. The Morgan fingerprint density at radius 1 is 1.07 bits per heavy atom. The first-order valence-electron chi connectivity index (χ1n) is 9.43. The summed E-state index contributed by atoms with van der Waals surface area (Å²) in [5.41, 5.74) is 2.23. The van der Waals surface area contributed by atoms with Gasteiger partial charge in [0.1, 0.15) is 5.75 Å². The first kappa shape index (κ1) is 21.0. The van der Waals surface area contributed by atoms with Crippen molar-refractivity contribution >= 4 is 40.5 Å². The SMILES string of the molecule is COc1ccc(NC(C)=O)cc1NC(=O)CN1CCN(c2cccc(Cl)c2)CC1. The highest BCUT2D eigenvalue weighted by Gasteiger charge is 2.20. The van der Waals surface area contributed by atoms with E-state index in [1.165, 1.54) is 14.0 Å². The van der Waals surface area contributed by atoms with Gasteiger partial charge < -0.3 is 20.3 Å². The Morgan fingerprint density at radius 3 is 2.48 bits per heavy atom. The van der Waals surface area contributed by atoms with E-state index in [1.807, 2.05) is 24.3 Å². The number of nitrogens with zero attached hydrogens (tertiary/aromatic N) is 2. The number of amides is 2. The number of carbonyl (C=O) groups is 2. The van der Waals surface area contributed by atoms with E-state index in [1.54, 1.807) is 18.2 Å². The lowest BCUT2D eigenvalue weighted by Crippen LogP contribution is -2.48. The third kappa shape index (κ3) is 5.85. The van der Waals surface area contributed by atoms with Crippen LogP contribution in [-0.4, -0.2) is 56.5 Å². The van der Waals surface area contributed by atoms with Crippen molar-refractivity contribution in [2.75, 3.05) is 55.4 Å². The number of halogens is 1. The standard InChI is InChI=1S/C21H25ClN4O3/c1-15(27)23-17-6-7-20(29-2)19(13-17)24-21(28)14-25-8-10-26(11-9-25)18-5-3-4-16(22)12-18/h3-7,12-13H,8-11,14H2,1-2H3,(H,23,27)(H,24,28). The molecule has 1 fully saturated rings. The molecule has 0 radical (unpaired) electrons. The van der Waals surface area contributed by atoms with Gasteiger partial charge >= 0.3 is 0 Å². The van der Waals surface area contributed by atoms with E-state index in [4.69, 9.17) is 16.3 Å². The lowest BCUT2D eigenvalue weighted by molar-refractivity contribution is -0.117. The molecular weight excluding hydrogens is 392 g/mol. The fraction of sp³-hybridized carbons (Fsp3) is 0.333. The van der Waals surface area contributed by atoms with Crippen molar-refractivity contribution in [3.05, 3.63) is 47.5 Å². The zero-order valence-electron chi connectivity index (χ0n) is 16.6. The third-order valence-corrected chi connectivity index (χ3v) is 4.94. The molecule has 0 aliphatic carbocycles. The molecule has 2 N–H and O–H groups in total. The van der Waals surface area contributed by atoms with Crippen molar-refractivity contribution in [3.8, 4) is 5.75 Å². The molecule has 0 spiro atoms. The number of ether oxygens (including phenoxy) is 1. The minimum Gasteiger partial charge on any atom is -0.495 e. The maximum absolute atomic E-state index is 12.6. The Labute approximate surface area is 175 Å². The predicted molar refractivity (Wildman–Crippen MR) is 116 cm³/mol. The second-order valence-electron chi connectivity index (χ2n) is 6.89. The van der Waals surface area contributed by atoms with Gasteiger partial charge in [-0.15, -0.1) is 0 Å². The number of nitrogens with one attached hydrogen (secondary N) is 2. The van der Waals surface area contributed by atoms with Crippen LogP contribution >= 0.6 is 11.6 Å². The highest BCUT2D eigenvalue weighted by atomic mass is 35.5. The van der Waals surface area contributed by atoms with Crippen LogP contribution in [-0.2, 0) is 9.59 Å². The molecule has 7 nitrogen and oxygen atoms in total. The van der Waals surface area contributed by atoms with Crippen LogP contribution in [0.4, 0.5) is 17.1 Å². The van der Waals surface area contributed by atoms with Crippen molar-refractivity contribution < 1.29 is 14.3 Å². The maximum Gasteiger partial charge on any atom is 0.238 e. The van der Waals surface area contributed by atoms with Crippen LogP contribution in [0.2, 0.25) is 5.02 Å². The van der Waals surface area contributed by atoms with Gasteiger partial charge in [-0.25, -0.2) is 0 Å². The number of piperazine rings is 1. The molecule has 154 valence electrons. The van der Waals surface area contributed by atoms with Crippen LogP contribution < -0.4 is 20.3 Å². The minimum atomic E-state index is -0.176. The van der Waals surface area contributed by atoms with Gasteiger partial charge in [0.05, 0.1) is 19.3 Å². The Balaban J connectivity index is 1.55. The number of benzene rings is 2. The molecule has 0 atom stereocenters. The van der Waals surface area contributed by atoms with Crippen LogP contribution in [0.3, 0.4) is 0 Å². The fourth-order valence-electron chi connectivity index (χ4n) is 3.32. The van der Waals surface area contributed by atoms with E-state index in [-0.39, 0.29) is 18.4 Å². The normalized spacial score (nSPS) is 14.4. The summed E-state index contributed by atoms with van der Waals surface area (Å²) in [6, 6.07) is 12.9. The van der Waals surface area contributed by atoms with E-state index >= 15 is 0 Å². The van der Waals surface area contributed by atoms with E-state index in [2.05, 4.69) is 20.4 Å². The molecule has 2 aromatic carbocycles. The highest BCUT2D eigenvalue weighted by Crippen LogP contribution is 2.28. The minimum absolute atomic E-state index is 0.125. The van der Waals surface area contributed by atoms with Crippen LogP contribution in [0.25, 0.3) is 0 Å². The summed E-state index contributed by atoms with van der Waals surface area (Å²) in [4.78, 5) is 28.2. The summed E-state index contributed by atoms with van der Waals surface area (Å²) >= 11 is 6.08. The summed E-state index contributed by atoms with van der Waals surface area (Å²) in [6.45, 7) is 4.94. The van der Waals surface area contributed by atoms with Crippen molar-refractivity contribution in [3.63, 3.8) is 0 Å². The average molecular weight is 417 g/mol. The summed E-state index contributed by atoms with van der Waals surface area (Å²) in [5.74, 6) is 0.239. The van der Waals surface area contributed by atoms with Gasteiger partial charge in [0.25, 0.3) is 0 Å². The van der Waals surface area contributed by atoms with Gasteiger partial charge in [0, 0.05) is 49.5 Å². The molecule has 0 aromatic heterocycles. The predicted octanol–water partition coefficient (Wildman–Crippen LogP) is 3.07. The van der Waals surface area contributed by atoms with E-state index in [0.717, 1.165) is 36.9 Å². The van der Waals surface area contributed by atoms with Gasteiger partial charge in [-0.3, -0.25) is 14.5 Å². The summed E-state index contributed by atoms with van der Waals surface area (Å²) in [6.07, 6.45) is 0. The zero-order chi connectivity index (χ0) is 20.8. The molecule has 2 aromatic rings. The van der Waals surface area contributed by atoms with Gasteiger partial charge in [0.2, 0.25) is 11.8 Å². The quantitative estimate of drug-likeness (QED) is 0.757. The highest BCUT2D eigenvalue weighted by molar-refractivity contribution is 6.30. The molecule has 1 aliphatic heterocycles. The molecule has 0 saturated carbocycles. The molecule has 2 amide bonds. The van der Waals surface area contributed by atoms with Crippen molar-refractivity contribution in [1.82, 2.24) is 4.90 Å². The second kappa shape index (κ2) is 9.62. The molecule has 1 aliphatic rings. The molecule has 3 rings (SSSR count). The van der Waals surface area contributed by atoms with Crippen molar-refractivity contribution in [2.45, 2.75) is 6.92 Å². The fourth-order valence-corrected chi connectivity index (χ4v) is 3.50. The largest absolute Gasteiger partial charge is 0.495 e. The molecule has 1 heterocycles. The lowest BCUT2D eigenvalue weighted by Gasteiger charge is -2.35. The summed E-state index contributed by atoms with van der Waals surface area (Å²) in [7, 11) is 1.54. The van der Waals surface area contributed by atoms with Crippen LogP contribution in [0.1, 0.15) is 6.92 Å². The maximum atomic E-state index is 12.6. The Morgan fingerprint density at radius 2 is 1.83 bits per heavy atom. The van der Waals surface area contributed by atoms with Gasteiger partial charge in [-0.05, 0) is 36.4 Å². The molecule has 0 bridgehead atoms. The monoisotopic (exact) mass is 416 g/mol. The number of methoxy groups -OCH3 is 1. The Hall–Kier alpha value is -2.77. The topological polar surface area (TPSA) is 73.9 Å². The van der Waals surface area contributed by atoms with Crippen LogP contribution in [0.5, 0.6) is 5.75 Å². The number of carbonyl (C=O) groups excluding carboxylic acids is 2. The van der Waals surface area contributed by atoms with Crippen LogP contribution in [0.15, 0.2) is 42.5 Å². The number of anilines is 3. The molecule has 0 unspecified atom stereocenters. The smallest absolute Gasteiger partial charge is 0.238 e. The first-order chi connectivity index (χ1) is 13.9. The van der Waals surface area contributed by atoms with Gasteiger partial charge in [-0.2, -0.15) is 0 Å². The zero-order valence-corrected chi connectivity index (χ0v) is 17.3. The number of rotatable bonds is 6. The molecule has 8 heteroatoms. The van der Waals surface area contributed by atoms with Gasteiger partial charge in [-0.1, -0.05) is 17.7 Å². The van der Waals surface area contributed by atoms with Crippen LogP contribution in [0, 0.1) is 0 Å². The first-order valence-corrected chi connectivity index (χ1v) is 9.81. The van der Waals surface area contributed by atoms with E-state index in [0.29, 0.717) is 17.1 Å². The van der Waals surface area contributed by atoms with Gasteiger partial charge in [0.15, 0.2) is 0 Å². The number of hydrogen-bond acceptors (Lipinski definition) is 5. The second-order valence-corrected chi connectivity index (χ2v) is 7.32. The molecule has 29 heavy (non-hydrogen) atoms. The Bertz CT molecular complexity index is 882. The average Bonchev–Trinajstić information content (AvgIpc) is 2.68. The van der Waals surface area contributed by atoms with E-state index < -0.39 is 0 Å². The van der Waals surface area contributed by atoms with Crippen molar-refractivity contribution in [2.24, 2.45) is 0 Å². The molecule has 1 saturated heterocycles. The lowest BCUT2D eigenvalue weighted by atomic mass is 10.2. The van der Waals surface area contributed by atoms with Crippen molar-refractivity contribution in [1.29, 1.82) is 0 Å². The van der Waals surface area contributed by atoms with E-state index in [9.17, 15) is 9.59 Å². The third-order valence-electron chi connectivity index (χ3n) is 4.71. The Kier molecular flexibility index (Phi) is 6.95. The number of hydrogen-bond donors (Lipinski definition) is 2. The summed E-state index contributed by atoms with van der Waals surface area (Å²) in [5, 5.41) is 6.31.